The highest BCUT2D eigenvalue weighted by molar-refractivity contribution is 6.00. The summed E-state index contributed by atoms with van der Waals surface area (Å²) in [6.07, 6.45) is 10.2. The largest absolute Gasteiger partial charge is 0.294 e. The van der Waals surface area contributed by atoms with Crippen LogP contribution in [-0.4, -0.2) is 18.0 Å². The van der Waals surface area contributed by atoms with Crippen molar-refractivity contribution in [3.8, 4) is 0 Å². The van der Waals surface area contributed by atoms with E-state index in [-0.39, 0.29) is 17.7 Å². The van der Waals surface area contributed by atoms with E-state index in [1.807, 2.05) is 36.4 Å². The number of carbonyl (C=O) groups excluding carboxylic acids is 1. The van der Waals surface area contributed by atoms with Gasteiger partial charge in [0.15, 0.2) is 5.78 Å². The summed E-state index contributed by atoms with van der Waals surface area (Å²) in [5.74, 6) is -0.0554. The van der Waals surface area contributed by atoms with Crippen molar-refractivity contribution >= 4 is 12.0 Å². The van der Waals surface area contributed by atoms with E-state index in [1.54, 1.807) is 12.2 Å². The van der Waals surface area contributed by atoms with Crippen molar-refractivity contribution < 1.29 is 4.79 Å². The Morgan fingerprint density at radius 3 is 3.00 bits per heavy atom. The maximum Gasteiger partial charge on any atom is 0.165 e. The molecule has 1 heterocycles. The van der Waals surface area contributed by atoms with Crippen LogP contribution >= 0.6 is 0 Å². The van der Waals surface area contributed by atoms with Crippen LogP contribution in [0.2, 0.25) is 0 Å². The monoisotopic (exact) mass is 208 g/mol. The highest BCUT2D eigenvalue weighted by atomic mass is 16.1. The molecule has 0 bridgehead atoms. The number of nitrogens with zero attached hydrogens (tertiary/aromatic N) is 1. The summed E-state index contributed by atoms with van der Waals surface area (Å²) in [5, 5.41) is 0. The molecule has 2 atom stereocenters. The number of carbonyl (C=O) groups is 1. The molecule has 2 unspecified atom stereocenters. The maximum absolute atomic E-state index is 12.0. The van der Waals surface area contributed by atoms with Crippen LogP contribution in [0.25, 0.3) is 0 Å². The Hall–Kier alpha value is -1.96. The smallest absolute Gasteiger partial charge is 0.165 e. The molecule has 2 nitrogen and oxygen atoms in total. The highest BCUT2D eigenvalue weighted by Crippen LogP contribution is 2.31. The number of allylic oxidation sites excluding steroid dienone is 3. The number of hydrogen-bond donors (Lipinski definition) is 0. The molecule has 0 spiro atoms. The molecule has 0 saturated carbocycles. The molecule has 0 saturated heterocycles. The van der Waals surface area contributed by atoms with Crippen molar-refractivity contribution in [2.75, 3.05) is 0 Å². The summed E-state index contributed by atoms with van der Waals surface area (Å²) in [4.78, 5) is 16.3. The first kappa shape index (κ1) is 9.28. The number of fused-ring (bicyclic) bond motifs is 3. The molecule has 1 aromatic rings. The fourth-order valence-electron chi connectivity index (χ4n) is 2.18. The zero-order valence-electron chi connectivity index (χ0n) is 8.63. The van der Waals surface area contributed by atoms with Gasteiger partial charge in [-0.1, -0.05) is 42.5 Å². The Labute approximate surface area is 94.0 Å². The van der Waals surface area contributed by atoms with Crippen molar-refractivity contribution in [3.63, 3.8) is 0 Å². The number of benzene rings is 1. The predicted molar refractivity (Wildman–Crippen MR) is 62.8 cm³/mol. The molecular weight excluding hydrogens is 198 g/mol. The van der Waals surface area contributed by atoms with Gasteiger partial charge in [-0.25, -0.2) is 0 Å². The molecule has 1 radical (unpaired) electrons. The molecule has 2 heteroatoms. The van der Waals surface area contributed by atoms with Gasteiger partial charge in [0.2, 0.25) is 0 Å². The quantitative estimate of drug-likeness (QED) is 0.642. The minimum atomic E-state index is -0.174. The van der Waals surface area contributed by atoms with Crippen LogP contribution in [-0.2, 0) is 4.79 Å². The molecule has 0 aromatic heterocycles. The fourth-order valence-corrected chi connectivity index (χ4v) is 2.18. The number of aliphatic imine (C=N–C) groups is 1. The van der Waals surface area contributed by atoms with Crippen molar-refractivity contribution in [1.82, 2.24) is 0 Å². The van der Waals surface area contributed by atoms with Crippen LogP contribution in [0.4, 0.5) is 0 Å². The second-order valence-electron chi connectivity index (χ2n) is 3.94. The third-order valence-electron chi connectivity index (χ3n) is 2.96. The van der Waals surface area contributed by atoms with Gasteiger partial charge in [-0.2, -0.15) is 0 Å². The molecular formula is C14H10NO. The Morgan fingerprint density at radius 2 is 2.06 bits per heavy atom. The molecule has 16 heavy (non-hydrogen) atoms. The van der Waals surface area contributed by atoms with Gasteiger partial charge < -0.3 is 0 Å². The van der Waals surface area contributed by atoms with Gasteiger partial charge in [0.05, 0.1) is 18.2 Å². The first-order chi connectivity index (χ1) is 7.86. The lowest BCUT2D eigenvalue weighted by molar-refractivity contribution is -0.116. The molecule has 1 aromatic carbocycles. The zero-order valence-corrected chi connectivity index (χ0v) is 8.63. The minimum Gasteiger partial charge on any atom is -0.294 e. The van der Waals surface area contributed by atoms with Gasteiger partial charge in [0, 0.05) is 5.56 Å². The predicted octanol–water partition coefficient (Wildman–Crippen LogP) is 2.14. The van der Waals surface area contributed by atoms with E-state index >= 15 is 0 Å². The van der Waals surface area contributed by atoms with Crippen LogP contribution in [0.5, 0.6) is 0 Å². The van der Waals surface area contributed by atoms with Crippen LogP contribution < -0.4 is 0 Å². The van der Waals surface area contributed by atoms with Crippen molar-refractivity contribution in [3.05, 3.63) is 59.7 Å². The van der Waals surface area contributed by atoms with Crippen molar-refractivity contribution in [2.24, 2.45) is 4.99 Å². The van der Waals surface area contributed by atoms with E-state index in [2.05, 4.69) is 11.2 Å². The SMILES string of the molecule is O=C1C=CC=CC2N=[C]c3ccccc3C12. The van der Waals surface area contributed by atoms with Crippen LogP contribution in [0.3, 0.4) is 0 Å². The van der Waals surface area contributed by atoms with Gasteiger partial charge in [-0.15, -0.1) is 0 Å². The van der Waals surface area contributed by atoms with E-state index < -0.39 is 0 Å². The van der Waals surface area contributed by atoms with Crippen LogP contribution in [0.1, 0.15) is 17.0 Å². The van der Waals surface area contributed by atoms with Gasteiger partial charge in [-0.3, -0.25) is 9.79 Å². The summed E-state index contributed by atoms with van der Waals surface area (Å²) in [6, 6.07) is 7.72. The van der Waals surface area contributed by atoms with E-state index in [0.717, 1.165) is 11.1 Å². The summed E-state index contributed by atoms with van der Waals surface area (Å²) in [6.45, 7) is 0. The van der Waals surface area contributed by atoms with Crippen molar-refractivity contribution in [2.45, 2.75) is 12.0 Å². The number of hydrogen-bond acceptors (Lipinski definition) is 2. The first-order valence-electron chi connectivity index (χ1n) is 5.30. The lowest BCUT2D eigenvalue weighted by Crippen LogP contribution is -2.26. The standard InChI is InChI=1S/C14H10NO/c16-13-8-4-3-7-12-14(13)11-6-2-1-5-10(11)9-15-12/h1-8,12,14H. The third-order valence-corrected chi connectivity index (χ3v) is 2.96. The molecule has 1 aliphatic heterocycles. The molecule has 1 aliphatic carbocycles. The fraction of sp³-hybridized carbons (Fsp3) is 0.143. The molecule has 0 fully saturated rings. The number of ketones is 1. The Kier molecular flexibility index (Phi) is 2.07. The van der Waals surface area contributed by atoms with Gasteiger partial charge in [0.25, 0.3) is 0 Å². The maximum atomic E-state index is 12.0. The first-order valence-corrected chi connectivity index (χ1v) is 5.30. The van der Waals surface area contributed by atoms with Gasteiger partial charge >= 0.3 is 0 Å². The lowest BCUT2D eigenvalue weighted by Gasteiger charge is -2.23. The second-order valence-corrected chi connectivity index (χ2v) is 3.94. The third kappa shape index (κ3) is 1.34. The zero-order chi connectivity index (χ0) is 11.0. The molecule has 77 valence electrons. The molecule has 0 amide bonds. The minimum absolute atomic E-state index is 0.0996. The number of rotatable bonds is 0. The highest BCUT2D eigenvalue weighted by Gasteiger charge is 2.31. The summed E-state index contributed by atoms with van der Waals surface area (Å²) < 4.78 is 0. The van der Waals surface area contributed by atoms with Crippen LogP contribution in [0, 0.1) is 0 Å². The lowest BCUT2D eigenvalue weighted by atomic mass is 9.84. The van der Waals surface area contributed by atoms with E-state index in [4.69, 9.17) is 0 Å². The Bertz CT molecular complexity index is 525. The Balaban J connectivity index is 2.17. The topological polar surface area (TPSA) is 29.4 Å². The van der Waals surface area contributed by atoms with E-state index in [9.17, 15) is 4.79 Å². The molecule has 2 aliphatic rings. The average molecular weight is 208 g/mol. The Morgan fingerprint density at radius 1 is 1.19 bits per heavy atom. The normalized spacial score (nSPS) is 26.1. The van der Waals surface area contributed by atoms with Gasteiger partial charge in [0.1, 0.15) is 0 Å². The van der Waals surface area contributed by atoms with Crippen LogP contribution in [0.15, 0.2) is 53.6 Å². The summed E-state index contributed by atoms with van der Waals surface area (Å²) in [5.41, 5.74) is 1.96. The van der Waals surface area contributed by atoms with E-state index in [1.165, 1.54) is 0 Å². The van der Waals surface area contributed by atoms with Crippen molar-refractivity contribution in [1.29, 1.82) is 0 Å². The van der Waals surface area contributed by atoms with Gasteiger partial charge in [-0.05, 0) is 11.6 Å². The second kappa shape index (κ2) is 3.56. The average Bonchev–Trinajstić information content (AvgIpc) is 2.51. The molecule has 3 rings (SSSR count). The van der Waals surface area contributed by atoms with E-state index in [0.29, 0.717) is 0 Å². The summed E-state index contributed by atoms with van der Waals surface area (Å²) >= 11 is 0. The summed E-state index contributed by atoms with van der Waals surface area (Å²) in [7, 11) is 0. The molecule has 0 N–H and O–H groups in total.